The molecule has 0 bridgehead atoms. The molecule has 0 aromatic carbocycles. The van der Waals surface area contributed by atoms with Crippen molar-refractivity contribution < 1.29 is 22.7 Å². The number of hydrogen-bond acceptors (Lipinski definition) is 4. The number of carbonyl (C=O) groups excluding carboxylic acids is 1. The van der Waals surface area contributed by atoms with Crippen LogP contribution in [0.5, 0.6) is 0 Å². The monoisotopic (exact) mass is 240 g/mol. The number of ether oxygens (including phenoxy) is 1. The van der Waals surface area contributed by atoms with E-state index in [1.165, 1.54) is 7.11 Å². The molecule has 15 heavy (non-hydrogen) atoms. The van der Waals surface area contributed by atoms with E-state index >= 15 is 0 Å². The summed E-state index contributed by atoms with van der Waals surface area (Å²) in [7, 11) is 1.31. The van der Waals surface area contributed by atoms with Gasteiger partial charge in [0.05, 0.1) is 0 Å². The number of amides is 1. The lowest BCUT2D eigenvalue weighted by atomic mass is 10.5. The van der Waals surface area contributed by atoms with Crippen LogP contribution in [0.3, 0.4) is 0 Å². The third-order valence-electron chi connectivity index (χ3n) is 1.32. The Kier molecular flexibility index (Phi) is 3.64. The first-order valence-electron chi connectivity index (χ1n) is 3.75. The molecule has 0 fully saturated rings. The Hall–Kier alpha value is -1.15. The van der Waals surface area contributed by atoms with Crippen LogP contribution in [-0.2, 0) is 15.7 Å². The molecule has 8 heteroatoms. The first kappa shape index (κ1) is 11.9. The van der Waals surface area contributed by atoms with Crippen LogP contribution < -0.4 is 5.32 Å². The number of rotatable bonds is 3. The molecule has 1 N–H and O–H groups in total. The van der Waals surface area contributed by atoms with E-state index in [1.54, 1.807) is 0 Å². The maximum absolute atomic E-state index is 12.1. The van der Waals surface area contributed by atoms with Crippen molar-refractivity contribution in [1.82, 2.24) is 4.98 Å². The van der Waals surface area contributed by atoms with Crippen LogP contribution >= 0.6 is 11.3 Å². The summed E-state index contributed by atoms with van der Waals surface area (Å²) in [6.07, 6.45) is -4.49. The predicted octanol–water partition coefficient (Wildman–Crippen LogP) is 1.75. The van der Waals surface area contributed by atoms with Crippen molar-refractivity contribution in [2.75, 3.05) is 19.0 Å². The van der Waals surface area contributed by atoms with E-state index in [-0.39, 0.29) is 11.7 Å². The molecule has 0 atom stereocenters. The minimum absolute atomic E-state index is 0.0932. The van der Waals surface area contributed by atoms with Gasteiger partial charge in [0, 0.05) is 12.5 Å². The van der Waals surface area contributed by atoms with Gasteiger partial charge in [0.15, 0.2) is 10.8 Å². The number of methoxy groups -OCH3 is 1. The highest BCUT2D eigenvalue weighted by molar-refractivity contribution is 7.13. The number of aromatic nitrogens is 1. The zero-order valence-corrected chi connectivity index (χ0v) is 8.41. The fourth-order valence-corrected chi connectivity index (χ4v) is 1.48. The molecule has 1 aromatic heterocycles. The second-order valence-corrected chi connectivity index (χ2v) is 3.37. The molecule has 0 aliphatic heterocycles. The highest BCUT2D eigenvalue weighted by Gasteiger charge is 2.33. The van der Waals surface area contributed by atoms with Gasteiger partial charge in [-0.25, -0.2) is 4.98 Å². The highest BCUT2D eigenvalue weighted by atomic mass is 32.1. The second-order valence-electron chi connectivity index (χ2n) is 2.52. The first-order valence-corrected chi connectivity index (χ1v) is 4.63. The van der Waals surface area contributed by atoms with Crippen LogP contribution in [0.1, 0.15) is 5.69 Å². The minimum atomic E-state index is -4.49. The second kappa shape index (κ2) is 4.58. The zero-order chi connectivity index (χ0) is 11.5. The van der Waals surface area contributed by atoms with E-state index in [1.807, 2.05) is 0 Å². The molecule has 0 saturated carbocycles. The molecule has 1 aromatic rings. The summed E-state index contributed by atoms with van der Waals surface area (Å²) >= 11 is 0.712. The summed E-state index contributed by atoms with van der Waals surface area (Å²) in [4.78, 5) is 14.1. The Balaban J connectivity index is 2.65. The van der Waals surface area contributed by atoms with Crippen molar-refractivity contribution >= 4 is 22.4 Å². The van der Waals surface area contributed by atoms with Crippen molar-refractivity contribution in [3.05, 3.63) is 11.1 Å². The van der Waals surface area contributed by atoms with Crippen LogP contribution in [0.2, 0.25) is 0 Å². The minimum Gasteiger partial charge on any atom is -0.375 e. The normalized spacial score (nSPS) is 11.5. The third-order valence-corrected chi connectivity index (χ3v) is 2.07. The van der Waals surface area contributed by atoms with Gasteiger partial charge >= 0.3 is 6.18 Å². The average Bonchev–Trinajstić information content (AvgIpc) is 2.52. The van der Waals surface area contributed by atoms with Crippen LogP contribution in [0.25, 0.3) is 0 Å². The predicted molar refractivity (Wildman–Crippen MR) is 47.6 cm³/mol. The summed E-state index contributed by atoms with van der Waals surface area (Å²) in [5.41, 5.74) is -1.01. The molecule has 84 valence electrons. The van der Waals surface area contributed by atoms with Crippen LogP contribution in [-0.4, -0.2) is 24.6 Å². The number of anilines is 1. The lowest BCUT2D eigenvalue weighted by Crippen LogP contribution is -2.17. The summed E-state index contributed by atoms with van der Waals surface area (Å²) < 4.78 is 40.8. The number of nitrogens with zero attached hydrogens (tertiary/aromatic N) is 1. The summed E-state index contributed by atoms with van der Waals surface area (Å²) in [6.45, 7) is -0.221. The molecule has 4 nitrogen and oxygen atoms in total. The number of carbonyl (C=O) groups is 1. The van der Waals surface area contributed by atoms with Crippen LogP contribution in [0, 0.1) is 0 Å². The molecular weight excluding hydrogens is 233 g/mol. The molecule has 0 radical (unpaired) electrons. The topological polar surface area (TPSA) is 51.2 Å². The summed E-state index contributed by atoms with van der Waals surface area (Å²) in [5.74, 6) is -0.541. The van der Waals surface area contributed by atoms with Gasteiger partial charge in [-0.2, -0.15) is 13.2 Å². The lowest BCUT2D eigenvalue weighted by molar-refractivity contribution is -0.140. The molecule has 0 spiro atoms. The number of thiazole rings is 1. The van der Waals surface area contributed by atoms with Crippen molar-refractivity contribution in [3.63, 3.8) is 0 Å². The van der Waals surface area contributed by atoms with Gasteiger partial charge in [-0.05, 0) is 0 Å². The van der Waals surface area contributed by atoms with Gasteiger partial charge in [0.2, 0.25) is 0 Å². The Morgan fingerprint density at radius 3 is 2.80 bits per heavy atom. The smallest absolute Gasteiger partial charge is 0.375 e. The molecule has 0 aliphatic carbocycles. The van der Waals surface area contributed by atoms with Gasteiger partial charge in [-0.15, -0.1) is 11.3 Å². The Morgan fingerprint density at radius 1 is 1.67 bits per heavy atom. The standard InChI is InChI=1S/C7H7F3N2O2S/c1-14-2-5(13)12-6-11-4(3-15-6)7(8,9)10/h3H,2H2,1H3,(H,11,12,13). The Morgan fingerprint density at radius 2 is 2.33 bits per heavy atom. The average molecular weight is 240 g/mol. The number of nitrogens with one attached hydrogen (secondary N) is 1. The first-order chi connectivity index (χ1) is 6.93. The molecule has 0 saturated heterocycles. The van der Waals surface area contributed by atoms with Gasteiger partial charge in [-0.1, -0.05) is 0 Å². The molecular formula is C7H7F3N2O2S. The molecule has 0 unspecified atom stereocenters. The maximum atomic E-state index is 12.1. The fraction of sp³-hybridized carbons (Fsp3) is 0.429. The van der Waals surface area contributed by atoms with Crippen molar-refractivity contribution in [3.8, 4) is 0 Å². The fourth-order valence-electron chi connectivity index (χ4n) is 0.748. The summed E-state index contributed by atoms with van der Waals surface area (Å²) in [5, 5.41) is 2.92. The Bertz CT molecular complexity index is 350. The van der Waals surface area contributed by atoms with E-state index in [0.717, 1.165) is 5.38 Å². The largest absolute Gasteiger partial charge is 0.434 e. The summed E-state index contributed by atoms with van der Waals surface area (Å²) in [6, 6.07) is 0. The van der Waals surface area contributed by atoms with Crippen molar-refractivity contribution in [2.24, 2.45) is 0 Å². The highest BCUT2D eigenvalue weighted by Crippen LogP contribution is 2.31. The van der Waals surface area contributed by atoms with E-state index < -0.39 is 17.8 Å². The van der Waals surface area contributed by atoms with E-state index in [9.17, 15) is 18.0 Å². The zero-order valence-electron chi connectivity index (χ0n) is 7.59. The van der Waals surface area contributed by atoms with Crippen molar-refractivity contribution in [2.45, 2.75) is 6.18 Å². The maximum Gasteiger partial charge on any atom is 0.434 e. The lowest BCUT2D eigenvalue weighted by Gasteiger charge is -2.01. The van der Waals surface area contributed by atoms with Gasteiger partial charge in [0.1, 0.15) is 6.61 Å². The molecule has 1 rings (SSSR count). The third kappa shape index (κ3) is 3.48. The molecule has 1 heterocycles. The van der Waals surface area contributed by atoms with E-state index in [4.69, 9.17) is 0 Å². The van der Waals surface area contributed by atoms with Crippen LogP contribution in [0.15, 0.2) is 5.38 Å². The molecule has 0 aliphatic rings. The van der Waals surface area contributed by atoms with Crippen LogP contribution in [0.4, 0.5) is 18.3 Å². The van der Waals surface area contributed by atoms with Gasteiger partial charge < -0.3 is 4.74 Å². The SMILES string of the molecule is COCC(=O)Nc1nc(C(F)(F)F)cs1. The van der Waals surface area contributed by atoms with Gasteiger partial charge in [0.25, 0.3) is 5.91 Å². The number of alkyl halides is 3. The van der Waals surface area contributed by atoms with Crippen molar-refractivity contribution in [1.29, 1.82) is 0 Å². The quantitative estimate of drug-likeness (QED) is 0.875. The van der Waals surface area contributed by atoms with E-state index in [0.29, 0.717) is 11.3 Å². The molecule has 1 amide bonds. The van der Waals surface area contributed by atoms with Gasteiger partial charge in [-0.3, -0.25) is 10.1 Å². The van der Waals surface area contributed by atoms with E-state index in [2.05, 4.69) is 15.0 Å². The Labute approximate surface area is 87.1 Å². The number of halogens is 3. The number of hydrogen-bond donors (Lipinski definition) is 1.